The van der Waals surface area contributed by atoms with E-state index in [0.29, 0.717) is 37.7 Å². The van der Waals surface area contributed by atoms with Crippen molar-refractivity contribution in [2.75, 3.05) is 13.2 Å². The van der Waals surface area contributed by atoms with Crippen LogP contribution >= 0.6 is 0 Å². The standard InChI is InChI=1S/C59H90O25/c1-14-24(2)49(72)84-45-47(77-27(5)63)59(53(73)74)30(21-54(45,7)8)29-15-16-34-56(11)19-18-35(55(9,10)33(56)17-20-57(34,12)58(29,13)46(76-26(4)62)48(59)78-28(6)64)81-51-41(70)43(37(66)31(22-60)79-51)83-52-42(71)44(38(67)32(23-61)80-52)82-50-40(69)39(68)36(65)25(3)75-50/h14-15,25,30-48,50-52,60-61,65-71H,16-23H2,1-13H3,(H,73,74). The van der Waals surface area contributed by atoms with E-state index in [4.69, 9.17) is 47.4 Å². The maximum Gasteiger partial charge on any atom is 0.333 e. The number of carboxylic acids is 1. The van der Waals surface area contributed by atoms with Crippen molar-refractivity contribution in [1.82, 2.24) is 0 Å². The summed E-state index contributed by atoms with van der Waals surface area (Å²) in [7, 11) is 0. The zero-order valence-electron chi connectivity index (χ0n) is 50.2. The van der Waals surface area contributed by atoms with Gasteiger partial charge in [-0.2, -0.15) is 0 Å². The molecule has 84 heavy (non-hydrogen) atoms. The zero-order chi connectivity index (χ0) is 62.5. The number of aliphatic hydroxyl groups excluding tert-OH is 9. The van der Waals surface area contributed by atoms with Crippen molar-refractivity contribution in [1.29, 1.82) is 0 Å². The molecule has 4 saturated carbocycles. The van der Waals surface area contributed by atoms with Crippen LogP contribution in [0.1, 0.15) is 129 Å². The topological polar surface area (TPSA) is 380 Å². The van der Waals surface area contributed by atoms with Crippen molar-refractivity contribution in [3.05, 3.63) is 23.3 Å². The quantitative estimate of drug-likeness (QED) is 0.0379. The van der Waals surface area contributed by atoms with E-state index >= 15 is 0 Å². The number of allylic oxidation sites excluding steroid dienone is 2. The highest BCUT2D eigenvalue weighted by Gasteiger charge is 2.81. The number of carbonyl (C=O) groups excluding carboxylic acids is 4. The Bertz CT molecular complexity index is 2540. The number of carbonyl (C=O) groups is 5. The van der Waals surface area contributed by atoms with Crippen LogP contribution in [0.3, 0.4) is 0 Å². The van der Waals surface area contributed by atoms with Crippen molar-refractivity contribution in [2.24, 2.45) is 50.2 Å². The molecular weight excluding hydrogens is 1110 g/mol. The van der Waals surface area contributed by atoms with Gasteiger partial charge in [0.05, 0.1) is 25.4 Å². The summed E-state index contributed by atoms with van der Waals surface area (Å²) in [6.07, 6.45) is -26.3. The van der Waals surface area contributed by atoms with Crippen LogP contribution in [0.2, 0.25) is 0 Å². The molecule has 5 aliphatic carbocycles. The molecule has 0 aromatic carbocycles. The molecule has 10 N–H and O–H groups in total. The third-order valence-electron chi connectivity index (χ3n) is 21.4. The molecule has 7 fully saturated rings. The second-order valence-corrected chi connectivity index (χ2v) is 26.8. The number of aliphatic hydroxyl groups is 9. The van der Waals surface area contributed by atoms with Crippen molar-refractivity contribution < 1.29 is 122 Å². The van der Waals surface area contributed by atoms with Crippen LogP contribution in [0, 0.1) is 50.2 Å². The molecule has 3 aliphatic heterocycles. The summed E-state index contributed by atoms with van der Waals surface area (Å²) in [5.41, 5.74) is -6.00. The Kier molecular flexibility index (Phi) is 18.9. The number of carboxylic acid groups (broad SMARTS) is 1. The van der Waals surface area contributed by atoms with Crippen LogP contribution in [-0.2, 0) is 71.3 Å². The minimum Gasteiger partial charge on any atom is -0.481 e. The fraction of sp³-hybridized carbons (Fsp3) is 0.847. The SMILES string of the molecule is CC=C(C)C(=O)OC1C(OC(C)=O)C2(C(=O)O)C(CC1(C)C)C1=CCC3C4(C)CCC(OC5OC(CO)C(O)C(OC6OC(CO)C(O)C(OC7OC(C)C(O)C(O)C7O)C6O)C5O)C(C)(C)C4CCC3(C)C1(C)C(OC(C)=O)C2OC(C)=O. The van der Waals surface area contributed by atoms with Gasteiger partial charge in [0.15, 0.2) is 36.5 Å². The molecule has 25 heteroatoms. The molecule has 3 heterocycles. The summed E-state index contributed by atoms with van der Waals surface area (Å²) in [5, 5.41) is 110. The summed E-state index contributed by atoms with van der Waals surface area (Å²) in [6.45, 7) is 20.3. The Labute approximate surface area is 488 Å². The molecule has 3 saturated heterocycles. The minimum atomic E-state index is -2.37. The minimum absolute atomic E-state index is 0.0473. The third-order valence-corrected chi connectivity index (χ3v) is 21.4. The van der Waals surface area contributed by atoms with E-state index in [9.17, 15) is 75.0 Å². The summed E-state index contributed by atoms with van der Waals surface area (Å²) >= 11 is 0. The second kappa shape index (κ2) is 24.0. The lowest BCUT2D eigenvalue weighted by atomic mass is 9.32. The smallest absolute Gasteiger partial charge is 0.333 e. The van der Waals surface area contributed by atoms with E-state index in [1.807, 2.05) is 26.8 Å². The molecule has 0 aromatic rings. The predicted molar refractivity (Wildman–Crippen MR) is 287 cm³/mol. The van der Waals surface area contributed by atoms with Crippen LogP contribution in [0.4, 0.5) is 0 Å². The molecule has 0 spiro atoms. The fourth-order valence-electron chi connectivity index (χ4n) is 16.9. The normalized spacial score (nSPS) is 47.9. The first-order valence-corrected chi connectivity index (χ1v) is 29.3. The van der Waals surface area contributed by atoms with Gasteiger partial charge < -0.3 is 98.4 Å². The zero-order valence-corrected chi connectivity index (χ0v) is 50.2. The molecule has 27 atom stereocenters. The molecule has 8 rings (SSSR count). The van der Waals surface area contributed by atoms with Gasteiger partial charge in [0, 0.05) is 43.1 Å². The molecule has 0 bridgehead atoms. The molecule has 0 radical (unpaired) electrons. The molecule has 0 aromatic heterocycles. The summed E-state index contributed by atoms with van der Waals surface area (Å²) in [5.74, 6) is -6.27. The number of esters is 4. The predicted octanol–water partition coefficient (Wildman–Crippen LogP) is 0.847. The summed E-state index contributed by atoms with van der Waals surface area (Å²) in [4.78, 5) is 68.9. The van der Waals surface area contributed by atoms with Gasteiger partial charge in [-0.05, 0) is 87.4 Å². The van der Waals surface area contributed by atoms with E-state index in [1.54, 1.807) is 20.8 Å². The van der Waals surface area contributed by atoms with E-state index in [-0.39, 0.29) is 23.8 Å². The van der Waals surface area contributed by atoms with Crippen LogP contribution in [-0.4, -0.2) is 217 Å². The van der Waals surface area contributed by atoms with Gasteiger partial charge in [-0.15, -0.1) is 0 Å². The first kappa shape index (κ1) is 66.2. The number of aliphatic carboxylic acids is 1. The van der Waals surface area contributed by atoms with Crippen molar-refractivity contribution >= 4 is 29.8 Å². The van der Waals surface area contributed by atoms with E-state index in [2.05, 4.69) is 13.8 Å². The lowest BCUT2D eigenvalue weighted by Gasteiger charge is -2.73. The van der Waals surface area contributed by atoms with Crippen molar-refractivity contribution in [3.8, 4) is 0 Å². The Morgan fingerprint density at radius 2 is 1.11 bits per heavy atom. The first-order chi connectivity index (χ1) is 39.1. The summed E-state index contributed by atoms with van der Waals surface area (Å²) < 4.78 is 60.8. The Morgan fingerprint density at radius 1 is 0.607 bits per heavy atom. The Morgan fingerprint density at radius 3 is 1.61 bits per heavy atom. The Balaban J connectivity index is 1.11. The van der Waals surface area contributed by atoms with Gasteiger partial charge in [0.1, 0.15) is 79.4 Å². The average Bonchev–Trinajstić information content (AvgIpc) is 0.664. The molecular formula is C59H90O25. The lowest BCUT2D eigenvalue weighted by Crippen LogP contribution is -2.78. The van der Waals surface area contributed by atoms with Gasteiger partial charge in [0.25, 0.3) is 0 Å². The number of rotatable bonds is 14. The van der Waals surface area contributed by atoms with Crippen LogP contribution in [0.15, 0.2) is 23.3 Å². The van der Waals surface area contributed by atoms with Crippen molar-refractivity contribution in [2.45, 2.75) is 251 Å². The van der Waals surface area contributed by atoms with Gasteiger partial charge >= 0.3 is 29.8 Å². The molecule has 25 nitrogen and oxygen atoms in total. The molecule has 476 valence electrons. The molecule has 27 unspecified atom stereocenters. The van der Waals surface area contributed by atoms with Crippen LogP contribution < -0.4 is 0 Å². The first-order valence-electron chi connectivity index (χ1n) is 29.3. The highest BCUT2D eigenvalue weighted by Crippen LogP contribution is 2.77. The summed E-state index contributed by atoms with van der Waals surface area (Å²) in [6, 6.07) is 0. The average molecular weight is 1200 g/mol. The maximum atomic E-state index is 14.7. The van der Waals surface area contributed by atoms with Crippen LogP contribution in [0.5, 0.6) is 0 Å². The van der Waals surface area contributed by atoms with E-state index < -0.39 is 204 Å². The monoisotopic (exact) mass is 1200 g/mol. The van der Waals surface area contributed by atoms with Crippen molar-refractivity contribution in [3.63, 3.8) is 0 Å². The van der Waals surface area contributed by atoms with Gasteiger partial charge in [0.2, 0.25) is 0 Å². The Hall–Kier alpha value is -3.77. The van der Waals surface area contributed by atoms with E-state index in [1.165, 1.54) is 26.8 Å². The lowest BCUT2D eigenvalue weighted by molar-refractivity contribution is -0.384. The molecule has 8 aliphatic rings. The van der Waals surface area contributed by atoms with Gasteiger partial charge in [-0.25, -0.2) is 4.79 Å². The maximum absolute atomic E-state index is 14.7. The van der Waals surface area contributed by atoms with E-state index in [0.717, 1.165) is 13.8 Å². The number of fused-ring (bicyclic) bond motifs is 7. The highest BCUT2D eigenvalue weighted by atomic mass is 16.8. The van der Waals surface area contributed by atoms with Gasteiger partial charge in [-0.3, -0.25) is 19.2 Å². The largest absolute Gasteiger partial charge is 0.481 e. The number of hydrogen-bond donors (Lipinski definition) is 10. The highest BCUT2D eigenvalue weighted by molar-refractivity contribution is 5.88. The van der Waals surface area contributed by atoms with Gasteiger partial charge in [-0.1, -0.05) is 66.2 Å². The van der Waals surface area contributed by atoms with Crippen LogP contribution in [0.25, 0.3) is 0 Å². The number of hydrogen-bond acceptors (Lipinski definition) is 24. The fourth-order valence-corrected chi connectivity index (χ4v) is 16.9. The third kappa shape index (κ3) is 10.7. The second-order valence-electron chi connectivity index (χ2n) is 26.8. The molecule has 0 amide bonds. The number of ether oxygens (including phenoxy) is 10.